The molecule has 51 heavy (non-hydrogen) atoms. The molecule has 0 bridgehead atoms. The Morgan fingerprint density at radius 3 is 1.12 bits per heavy atom. The quantitative estimate of drug-likeness (QED) is 0.106. The first-order valence-corrected chi connectivity index (χ1v) is 17.2. The van der Waals surface area contributed by atoms with Gasteiger partial charge in [-0.1, -0.05) is 184 Å². The van der Waals surface area contributed by atoms with Gasteiger partial charge in [-0.3, -0.25) is 0 Å². The normalized spacial score (nSPS) is 11.2. The molecule has 0 spiro atoms. The van der Waals surface area contributed by atoms with E-state index < -0.39 is 0 Å². The van der Waals surface area contributed by atoms with Crippen molar-refractivity contribution in [3.8, 4) is 44.5 Å². The van der Waals surface area contributed by atoms with Crippen LogP contribution in [0.15, 0.2) is 170 Å². The smallest absolute Gasteiger partial charge is 0.358 e. The van der Waals surface area contributed by atoms with Gasteiger partial charge in [-0.25, -0.2) is 0 Å². The second kappa shape index (κ2) is 15.7. The maximum Gasteiger partial charge on any atom is 4.00 e. The first-order valence-electron chi connectivity index (χ1n) is 17.2. The van der Waals surface area contributed by atoms with Crippen LogP contribution >= 0.6 is 0 Å². The molecule has 8 aromatic rings. The molecule has 0 unspecified atom stereocenters. The standard InChI is InChI=1S/C48H40.2CH3.Hf/c1-33(2)32-48(3,46-42-20-12-10-18-40(42)30-44(46)38-26-22-36(23-27-38)34-14-6-4-7-15-34)47-43-21-13-11-19-41(43)31-45(47)39-28-24-37(25-29-39)35-16-8-5-9-17-35;;;/h4-31,33H,32H2,1-3H3;2*1H3;/q-2;2*-1;+4. The Balaban J connectivity index is 0.00000168. The second-order valence-electron chi connectivity index (χ2n) is 13.9. The van der Waals surface area contributed by atoms with Gasteiger partial charge < -0.3 is 14.9 Å². The molecule has 0 heterocycles. The van der Waals surface area contributed by atoms with Gasteiger partial charge in [0.25, 0.3) is 0 Å². The third-order valence-electron chi connectivity index (χ3n) is 10.1. The van der Waals surface area contributed by atoms with E-state index in [0.29, 0.717) is 5.92 Å². The second-order valence-corrected chi connectivity index (χ2v) is 13.9. The monoisotopic (exact) mass is 826 g/mol. The molecule has 0 aliphatic rings. The van der Waals surface area contributed by atoms with Crippen molar-refractivity contribution in [2.45, 2.75) is 32.6 Å². The average molecular weight is 825 g/mol. The van der Waals surface area contributed by atoms with Crippen molar-refractivity contribution in [3.63, 3.8) is 0 Å². The van der Waals surface area contributed by atoms with Gasteiger partial charge >= 0.3 is 25.8 Å². The van der Waals surface area contributed by atoms with E-state index in [9.17, 15) is 0 Å². The molecule has 0 atom stereocenters. The summed E-state index contributed by atoms with van der Waals surface area (Å²) < 4.78 is 0. The SMILES string of the molecule is CC(C)CC(C)(c1c(-c2ccc(-c3ccccc3)cc2)[cH-]c2ccccc12)c1c(-c2ccc(-c3ccccc3)cc2)[cH-]c2ccccc12.[CH3-].[CH3-].[Hf+4]. The zero-order chi connectivity index (χ0) is 32.7. The van der Waals surface area contributed by atoms with Gasteiger partial charge in [0, 0.05) is 0 Å². The number of hydrogen-bond donors (Lipinski definition) is 0. The van der Waals surface area contributed by atoms with Gasteiger partial charge in [-0.2, -0.15) is 0 Å². The topological polar surface area (TPSA) is 0 Å². The molecule has 0 aromatic heterocycles. The molecule has 0 aliphatic carbocycles. The summed E-state index contributed by atoms with van der Waals surface area (Å²) in [5, 5.41) is 5.29. The van der Waals surface area contributed by atoms with Crippen LogP contribution in [0.4, 0.5) is 0 Å². The number of fused-ring (bicyclic) bond motifs is 2. The molecule has 0 nitrogen and oxygen atoms in total. The van der Waals surface area contributed by atoms with E-state index >= 15 is 0 Å². The largest absolute Gasteiger partial charge is 4.00 e. The molecule has 0 saturated heterocycles. The minimum absolute atomic E-state index is 0. The van der Waals surface area contributed by atoms with Crippen LogP contribution < -0.4 is 0 Å². The maximum atomic E-state index is 2.51. The molecule has 0 aliphatic heterocycles. The summed E-state index contributed by atoms with van der Waals surface area (Å²) in [5.74, 6) is 0.485. The van der Waals surface area contributed by atoms with Crippen molar-refractivity contribution in [2.24, 2.45) is 5.92 Å². The van der Waals surface area contributed by atoms with E-state index in [1.807, 2.05) is 0 Å². The summed E-state index contributed by atoms with van der Waals surface area (Å²) in [6, 6.07) is 62.6. The molecule has 8 aromatic carbocycles. The van der Waals surface area contributed by atoms with Crippen molar-refractivity contribution >= 4 is 21.5 Å². The molecular formula is C50H46Hf. The van der Waals surface area contributed by atoms with Crippen LogP contribution in [0.1, 0.15) is 38.3 Å². The molecule has 0 radical (unpaired) electrons. The van der Waals surface area contributed by atoms with Crippen LogP contribution in [0.2, 0.25) is 0 Å². The predicted octanol–water partition coefficient (Wildman–Crippen LogP) is 14.3. The summed E-state index contributed by atoms with van der Waals surface area (Å²) in [7, 11) is 0. The molecule has 8 rings (SSSR count). The van der Waals surface area contributed by atoms with Crippen molar-refractivity contribution < 1.29 is 25.8 Å². The number of rotatable bonds is 8. The van der Waals surface area contributed by atoms with Crippen molar-refractivity contribution in [1.29, 1.82) is 0 Å². The molecule has 250 valence electrons. The molecule has 0 fully saturated rings. The van der Waals surface area contributed by atoms with Crippen molar-refractivity contribution in [1.82, 2.24) is 0 Å². The van der Waals surface area contributed by atoms with Crippen LogP contribution in [-0.2, 0) is 31.3 Å². The van der Waals surface area contributed by atoms with E-state index in [1.165, 1.54) is 77.2 Å². The Labute approximate surface area is 324 Å². The van der Waals surface area contributed by atoms with E-state index in [2.05, 4.69) is 191 Å². The van der Waals surface area contributed by atoms with Gasteiger partial charge in [0.05, 0.1) is 0 Å². The van der Waals surface area contributed by atoms with Gasteiger partial charge in [0.1, 0.15) is 0 Å². The first kappa shape index (κ1) is 37.7. The van der Waals surface area contributed by atoms with Crippen LogP contribution in [0, 0.1) is 20.8 Å². The van der Waals surface area contributed by atoms with Gasteiger partial charge in [-0.05, 0) is 33.6 Å². The molecule has 0 saturated carbocycles. The summed E-state index contributed by atoms with van der Waals surface area (Å²) in [6.07, 6.45) is 1.03. The molecule has 0 amide bonds. The third-order valence-corrected chi connectivity index (χ3v) is 10.1. The van der Waals surface area contributed by atoms with Gasteiger partial charge in [-0.15, -0.1) is 68.1 Å². The fraction of sp³-hybridized carbons (Fsp3) is 0.120. The zero-order valence-corrected chi connectivity index (χ0v) is 34.0. The minimum Gasteiger partial charge on any atom is -0.358 e. The Bertz CT molecular complexity index is 2150. The van der Waals surface area contributed by atoms with E-state index in [1.54, 1.807) is 0 Å². The fourth-order valence-corrected chi connectivity index (χ4v) is 8.18. The summed E-state index contributed by atoms with van der Waals surface area (Å²) in [6.45, 7) is 7.26. The van der Waals surface area contributed by atoms with Crippen LogP contribution in [-0.4, -0.2) is 0 Å². The van der Waals surface area contributed by atoms with Crippen molar-refractivity contribution in [3.05, 3.63) is 196 Å². The van der Waals surface area contributed by atoms with Gasteiger partial charge in [0.15, 0.2) is 0 Å². The maximum absolute atomic E-state index is 2.51. The summed E-state index contributed by atoms with van der Waals surface area (Å²) in [5.41, 5.74) is 12.7. The van der Waals surface area contributed by atoms with Crippen LogP contribution in [0.5, 0.6) is 0 Å². The zero-order valence-electron chi connectivity index (χ0n) is 30.5. The minimum atomic E-state index is -0.263. The number of benzene rings is 6. The van der Waals surface area contributed by atoms with Crippen LogP contribution in [0.25, 0.3) is 66.1 Å². The Kier molecular flexibility index (Phi) is 11.6. The Morgan fingerprint density at radius 1 is 0.431 bits per heavy atom. The molecule has 1 heteroatoms. The summed E-state index contributed by atoms with van der Waals surface area (Å²) in [4.78, 5) is 0. The van der Waals surface area contributed by atoms with E-state index in [4.69, 9.17) is 0 Å². The third kappa shape index (κ3) is 7.02. The molecular weight excluding hydrogens is 779 g/mol. The van der Waals surface area contributed by atoms with E-state index in [-0.39, 0.29) is 46.1 Å². The average Bonchev–Trinajstić information content (AvgIpc) is 3.73. The van der Waals surface area contributed by atoms with E-state index in [0.717, 1.165) is 6.42 Å². The Hall–Kier alpha value is -4.59. The first-order chi connectivity index (χ1) is 23.5. The predicted molar refractivity (Wildman–Crippen MR) is 220 cm³/mol. The number of hydrogen-bond acceptors (Lipinski definition) is 0. The fourth-order valence-electron chi connectivity index (χ4n) is 8.18. The molecule has 0 N–H and O–H groups in total. The summed E-state index contributed by atoms with van der Waals surface area (Å²) >= 11 is 0. The van der Waals surface area contributed by atoms with Crippen molar-refractivity contribution in [2.75, 3.05) is 0 Å². The van der Waals surface area contributed by atoms with Crippen LogP contribution in [0.3, 0.4) is 0 Å². The van der Waals surface area contributed by atoms with Gasteiger partial charge in [0.2, 0.25) is 0 Å². The Morgan fingerprint density at radius 2 is 0.745 bits per heavy atom.